The van der Waals surface area contributed by atoms with Gasteiger partial charge in [-0.1, -0.05) is 12.0 Å². The van der Waals surface area contributed by atoms with Crippen LogP contribution in [0.5, 0.6) is 5.88 Å². The van der Waals surface area contributed by atoms with Gasteiger partial charge in [0.15, 0.2) is 12.4 Å². The highest BCUT2D eigenvalue weighted by Gasteiger charge is 2.60. The number of amidine groups is 1. The highest BCUT2D eigenvalue weighted by molar-refractivity contribution is 5.95. The fourth-order valence-electron chi connectivity index (χ4n) is 3.67. The summed E-state index contributed by atoms with van der Waals surface area (Å²) in [6.45, 7) is -0.881. The molecular weight excluding hydrogens is 394 g/mol. The van der Waals surface area contributed by atoms with Crippen LogP contribution in [0.1, 0.15) is 28.0 Å². The van der Waals surface area contributed by atoms with Crippen molar-refractivity contribution < 1.29 is 23.0 Å². The van der Waals surface area contributed by atoms with Crippen LogP contribution in [0.4, 0.5) is 8.78 Å². The fourth-order valence-corrected chi connectivity index (χ4v) is 3.67. The first-order valence-electron chi connectivity index (χ1n) is 9.25. The van der Waals surface area contributed by atoms with E-state index in [1.54, 1.807) is 0 Å². The number of carbonyl (C=O) groups excluding carboxylic acids is 1. The van der Waals surface area contributed by atoms with Crippen molar-refractivity contribution in [3.8, 4) is 18.2 Å². The lowest BCUT2D eigenvalue weighted by atomic mass is 9.84. The van der Waals surface area contributed by atoms with E-state index in [2.05, 4.69) is 20.9 Å². The normalized spacial score (nSPS) is 24.1. The molecule has 1 aliphatic heterocycles. The Hall–Kier alpha value is -3.54. The molecule has 30 heavy (non-hydrogen) atoms. The largest absolute Gasteiger partial charge is 0.463 e. The summed E-state index contributed by atoms with van der Waals surface area (Å²) in [7, 11) is 0. The van der Waals surface area contributed by atoms with Gasteiger partial charge in [-0.25, -0.2) is 23.7 Å². The molecule has 9 heteroatoms. The Morgan fingerprint density at radius 1 is 1.40 bits per heavy atom. The van der Waals surface area contributed by atoms with E-state index in [1.807, 2.05) is 0 Å². The minimum absolute atomic E-state index is 0.0382. The Bertz CT molecular complexity index is 1050. The number of rotatable bonds is 7. The molecule has 0 radical (unpaired) electrons. The van der Waals surface area contributed by atoms with Crippen LogP contribution in [0.2, 0.25) is 0 Å². The standard InChI is InChI=1S/C21H18F2N4O3/c1-2-5-29-19-10-25-16(9-26-19)17(28)7-12-3-4-15(23)13(6-12)21(11-22)14-8-18(14)30-20(24)27-21/h1,3-4,6,9-10,14,18H,5,7-8,11H2,(H2,24,27)/t14-,18+,21+/m0/s1. The smallest absolute Gasteiger partial charge is 0.283 e. The van der Waals surface area contributed by atoms with Crippen LogP contribution in [0.15, 0.2) is 35.6 Å². The number of Topliss-reactive ketones (excluding diaryl/α,β-unsaturated/α-hetero) is 1. The minimum Gasteiger partial charge on any atom is -0.463 e. The van der Waals surface area contributed by atoms with Crippen molar-refractivity contribution in [2.24, 2.45) is 16.6 Å². The van der Waals surface area contributed by atoms with Crippen LogP contribution in [0.3, 0.4) is 0 Å². The van der Waals surface area contributed by atoms with Crippen LogP contribution in [-0.4, -0.2) is 41.2 Å². The van der Waals surface area contributed by atoms with Crippen molar-refractivity contribution in [1.82, 2.24) is 9.97 Å². The van der Waals surface area contributed by atoms with E-state index in [0.29, 0.717) is 12.0 Å². The molecule has 1 aromatic carbocycles. The van der Waals surface area contributed by atoms with Crippen LogP contribution >= 0.6 is 0 Å². The molecule has 1 saturated carbocycles. The number of terminal acetylenes is 1. The summed E-state index contributed by atoms with van der Waals surface area (Å²) in [5.74, 6) is 1.26. The number of ketones is 1. The second-order valence-electron chi connectivity index (χ2n) is 7.15. The zero-order valence-electron chi connectivity index (χ0n) is 15.8. The Balaban J connectivity index is 1.57. The summed E-state index contributed by atoms with van der Waals surface area (Å²) in [5.41, 5.74) is 4.92. The van der Waals surface area contributed by atoms with Gasteiger partial charge in [0, 0.05) is 17.9 Å². The van der Waals surface area contributed by atoms with E-state index in [4.69, 9.17) is 21.6 Å². The number of aromatic nitrogens is 2. The average Bonchev–Trinajstić information content (AvgIpc) is 3.53. The molecule has 4 rings (SSSR count). The van der Waals surface area contributed by atoms with E-state index >= 15 is 0 Å². The molecule has 1 aliphatic carbocycles. The lowest BCUT2D eigenvalue weighted by Gasteiger charge is -2.31. The summed E-state index contributed by atoms with van der Waals surface area (Å²) < 4.78 is 39.2. The van der Waals surface area contributed by atoms with E-state index in [0.717, 1.165) is 0 Å². The number of benzene rings is 1. The summed E-state index contributed by atoms with van der Waals surface area (Å²) in [4.78, 5) is 24.7. The predicted octanol–water partition coefficient (Wildman–Crippen LogP) is 1.95. The molecule has 1 fully saturated rings. The Labute approximate surface area is 171 Å². The number of fused-ring (bicyclic) bond motifs is 1. The number of nitrogens with two attached hydrogens (primary N) is 1. The molecule has 1 aromatic heterocycles. The van der Waals surface area contributed by atoms with Gasteiger partial charge in [-0.15, -0.1) is 6.42 Å². The number of carbonyl (C=O) groups is 1. The number of ether oxygens (including phenoxy) is 2. The highest BCUT2D eigenvalue weighted by Crippen LogP contribution is 2.53. The van der Waals surface area contributed by atoms with Crippen molar-refractivity contribution in [2.75, 3.05) is 13.3 Å². The predicted molar refractivity (Wildman–Crippen MR) is 103 cm³/mol. The summed E-state index contributed by atoms with van der Waals surface area (Å²) in [6.07, 6.45) is 7.88. The van der Waals surface area contributed by atoms with Crippen molar-refractivity contribution in [3.63, 3.8) is 0 Å². The van der Waals surface area contributed by atoms with Crippen LogP contribution in [0.25, 0.3) is 0 Å². The maximum absolute atomic E-state index is 14.7. The molecule has 7 nitrogen and oxygen atoms in total. The maximum atomic E-state index is 14.7. The lowest BCUT2D eigenvalue weighted by Crippen LogP contribution is -2.39. The Morgan fingerprint density at radius 2 is 2.23 bits per heavy atom. The van der Waals surface area contributed by atoms with Crippen LogP contribution < -0.4 is 10.5 Å². The summed E-state index contributed by atoms with van der Waals surface area (Å²) >= 11 is 0. The molecule has 0 spiro atoms. The molecule has 0 saturated heterocycles. The third-order valence-corrected chi connectivity index (χ3v) is 5.21. The second-order valence-corrected chi connectivity index (χ2v) is 7.15. The highest BCUT2D eigenvalue weighted by atomic mass is 19.1. The minimum atomic E-state index is -1.44. The number of aliphatic imine (C=N–C) groups is 1. The zero-order valence-corrected chi connectivity index (χ0v) is 15.8. The molecule has 0 unspecified atom stereocenters. The third-order valence-electron chi connectivity index (χ3n) is 5.21. The van der Waals surface area contributed by atoms with Gasteiger partial charge in [0.05, 0.1) is 12.4 Å². The van der Waals surface area contributed by atoms with E-state index in [9.17, 15) is 13.6 Å². The third kappa shape index (κ3) is 3.56. The average molecular weight is 412 g/mol. The van der Waals surface area contributed by atoms with E-state index < -0.39 is 18.0 Å². The first kappa shape index (κ1) is 19.8. The molecule has 2 aliphatic rings. The van der Waals surface area contributed by atoms with E-state index in [1.165, 1.54) is 30.6 Å². The molecule has 0 amide bonds. The molecule has 154 valence electrons. The van der Waals surface area contributed by atoms with Crippen LogP contribution in [0, 0.1) is 24.1 Å². The number of alkyl halides is 1. The van der Waals surface area contributed by atoms with Gasteiger partial charge >= 0.3 is 0 Å². The SMILES string of the molecule is C#CCOc1cnc(C(=O)Cc2ccc(F)c([C@@]3(CF)N=C(N)O[C@@H]4C[C@@H]43)c2)cn1. The molecule has 2 N–H and O–H groups in total. The number of nitrogens with zero attached hydrogens (tertiary/aromatic N) is 3. The maximum Gasteiger partial charge on any atom is 0.283 e. The second kappa shape index (κ2) is 7.71. The van der Waals surface area contributed by atoms with Gasteiger partial charge in [-0.2, -0.15) is 0 Å². The van der Waals surface area contributed by atoms with Crippen molar-refractivity contribution >= 4 is 11.8 Å². The van der Waals surface area contributed by atoms with E-state index in [-0.39, 0.29) is 54.0 Å². The molecule has 0 bridgehead atoms. The van der Waals surface area contributed by atoms with Gasteiger partial charge in [-0.05, 0) is 24.1 Å². The van der Waals surface area contributed by atoms with Gasteiger partial charge in [0.1, 0.15) is 29.8 Å². The van der Waals surface area contributed by atoms with Crippen LogP contribution in [-0.2, 0) is 16.7 Å². The molecule has 3 atom stereocenters. The quantitative estimate of drug-likeness (QED) is 0.551. The number of hydrogen-bond donors (Lipinski definition) is 1. The molecular formula is C21H18F2N4O3. The van der Waals surface area contributed by atoms with Gasteiger partial charge < -0.3 is 15.2 Å². The molecule has 2 heterocycles. The van der Waals surface area contributed by atoms with Crippen molar-refractivity contribution in [3.05, 3.63) is 53.2 Å². The van der Waals surface area contributed by atoms with Crippen molar-refractivity contribution in [1.29, 1.82) is 0 Å². The van der Waals surface area contributed by atoms with Gasteiger partial charge in [0.25, 0.3) is 6.02 Å². The summed E-state index contributed by atoms with van der Waals surface area (Å²) in [6, 6.07) is 3.98. The first-order valence-corrected chi connectivity index (χ1v) is 9.25. The Kier molecular flexibility index (Phi) is 5.08. The Morgan fingerprint density at radius 3 is 2.93 bits per heavy atom. The summed E-state index contributed by atoms with van der Waals surface area (Å²) in [5, 5.41) is 0. The van der Waals surface area contributed by atoms with Crippen molar-refractivity contribution in [2.45, 2.75) is 24.5 Å². The van der Waals surface area contributed by atoms with Gasteiger partial charge in [-0.3, -0.25) is 4.79 Å². The number of hydrogen-bond acceptors (Lipinski definition) is 7. The topological polar surface area (TPSA) is 99.7 Å². The zero-order chi connectivity index (χ0) is 21.3. The van der Waals surface area contributed by atoms with Gasteiger partial charge in [0.2, 0.25) is 5.88 Å². The fraction of sp³-hybridized carbons (Fsp3) is 0.333. The monoisotopic (exact) mass is 412 g/mol. The molecule has 2 aromatic rings. The lowest BCUT2D eigenvalue weighted by molar-refractivity contribution is 0.0987. The first-order chi connectivity index (χ1) is 14.5. The number of halogens is 2.